The fraction of sp³-hybridized carbons (Fsp3) is 0.300. The average molecular weight is 389 g/mol. The summed E-state index contributed by atoms with van der Waals surface area (Å²) in [5.74, 6) is 1.10. The third-order valence-corrected chi connectivity index (χ3v) is 3.72. The molecule has 0 bridgehead atoms. The molecule has 2 rings (SSSR count). The molecule has 7 heteroatoms. The molecular formula is C20H21ClN2O4. The summed E-state index contributed by atoms with van der Waals surface area (Å²) in [5.41, 5.74) is 0.946. The highest BCUT2D eigenvalue weighted by atomic mass is 35.5. The maximum atomic E-state index is 12.6. The van der Waals surface area contributed by atoms with Gasteiger partial charge in [0.15, 0.2) is 18.1 Å². The van der Waals surface area contributed by atoms with Crippen molar-refractivity contribution in [2.75, 3.05) is 25.1 Å². The van der Waals surface area contributed by atoms with E-state index in [-0.39, 0.29) is 12.5 Å². The minimum absolute atomic E-state index is 0.0309. The van der Waals surface area contributed by atoms with Crippen LogP contribution >= 0.6 is 11.6 Å². The summed E-state index contributed by atoms with van der Waals surface area (Å²) in [6.07, 6.45) is 0.832. The first kappa shape index (κ1) is 20.4. The number of carbonyl (C=O) groups is 1. The van der Waals surface area contributed by atoms with Crippen molar-refractivity contribution in [1.82, 2.24) is 0 Å². The Morgan fingerprint density at radius 2 is 1.89 bits per heavy atom. The maximum Gasteiger partial charge on any atom is 0.255 e. The zero-order chi connectivity index (χ0) is 19.6. The van der Waals surface area contributed by atoms with Gasteiger partial charge in [-0.2, -0.15) is 5.26 Å². The molecule has 2 aromatic carbocycles. The molecule has 0 saturated carbocycles. The predicted octanol–water partition coefficient (Wildman–Crippen LogP) is 4.68. The third kappa shape index (κ3) is 5.80. The third-order valence-electron chi connectivity index (χ3n) is 3.44. The average Bonchev–Trinajstić information content (AvgIpc) is 2.67. The molecule has 0 saturated heterocycles. The largest absolute Gasteiger partial charge is 0.490 e. The molecule has 142 valence electrons. The molecule has 6 nitrogen and oxygen atoms in total. The number of anilines is 1. The number of ether oxygens (including phenoxy) is 3. The Balaban J connectivity index is 2.16. The quantitative estimate of drug-likeness (QED) is 0.674. The number of nitrogens with zero attached hydrogens (tertiary/aromatic N) is 1. The van der Waals surface area contributed by atoms with Crippen molar-refractivity contribution >= 4 is 23.2 Å². The molecule has 0 aliphatic heterocycles. The summed E-state index contributed by atoms with van der Waals surface area (Å²) < 4.78 is 16.4. The Labute approximate surface area is 163 Å². The second-order valence-electron chi connectivity index (χ2n) is 5.49. The van der Waals surface area contributed by atoms with Crippen molar-refractivity contribution < 1.29 is 19.0 Å². The Morgan fingerprint density at radius 3 is 2.52 bits per heavy atom. The monoisotopic (exact) mass is 388 g/mol. The van der Waals surface area contributed by atoms with Gasteiger partial charge >= 0.3 is 0 Å². The summed E-state index contributed by atoms with van der Waals surface area (Å²) in [7, 11) is 0. The zero-order valence-electron chi connectivity index (χ0n) is 15.3. The van der Waals surface area contributed by atoms with Crippen molar-refractivity contribution in [3.63, 3.8) is 0 Å². The van der Waals surface area contributed by atoms with Crippen LogP contribution in [0.3, 0.4) is 0 Å². The van der Waals surface area contributed by atoms with Crippen LogP contribution in [-0.2, 0) is 0 Å². The van der Waals surface area contributed by atoms with E-state index in [1.165, 1.54) is 0 Å². The number of benzene rings is 2. The van der Waals surface area contributed by atoms with Gasteiger partial charge in [-0.15, -0.1) is 0 Å². The lowest BCUT2D eigenvalue weighted by Crippen LogP contribution is -2.12. The number of hydrogen-bond acceptors (Lipinski definition) is 5. The van der Waals surface area contributed by atoms with Crippen LogP contribution in [0.2, 0.25) is 5.02 Å². The first-order valence-electron chi connectivity index (χ1n) is 8.59. The smallest absolute Gasteiger partial charge is 0.255 e. The molecule has 0 spiro atoms. The van der Waals surface area contributed by atoms with Gasteiger partial charge in [-0.1, -0.05) is 18.5 Å². The Kier molecular flexibility index (Phi) is 7.78. The molecule has 0 aliphatic rings. The molecule has 27 heavy (non-hydrogen) atoms. The minimum atomic E-state index is -0.328. The number of hydrogen-bond donors (Lipinski definition) is 1. The van der Waals surface area contributed by atoms with Gasteiger partial charge in [-0.05, 0) is 49.7 Å². The van der Waals surface area contributed by atoms with Crippen molar-refractivity contribution in [1.29, 1.82) is 5.26 Å². The first-order chi connectivity index (χ1) is 13.1. The number of amides is 1. The lowest BCUT2D eigenvalue weighted by molar-refractivity contribution is 0.102. The predicted molar refractivity (Wildman–Crippen MR) is 104 cm³/mol. The molecule has 0 atom stereocenters. The molecule has 0 fully saturated rings. The highest BCUT2D eigenvalue weighted by Gasteiger charge is 2.16. The van der Waals surface area contributed by atoms with Gasteiger partial charge in [0.1, 0.15) is 11.8 Å². The van der Waals surface area contributed by atoms with E-state index in [0.29, 0.717) is 46.7 Å². The maximum absolute atomic E-state index is 12.6. The summed E-state index contributed by atoms with van der Waals surface area (Å²) in [5, 5.41) is 11.6. The van der Waals surface area contributed by atoms with E-state index < -0.39 is 0 Å². The van der Waals surface area contributed by atoms with E-state index in [9.17, 15) is 4.79 Å². The van der Waals surface area contributed by atoms with Gasteiger partial charge in [-0.25, -0.2) is 0 Å². The van der Waals surface area contributed by atoms with E-state index >= 15 is 0 Å². The van der Waals surface area contributed by atoms with Crippen LogP contribution in [0, 0.1) is 11.3 Å². The van der Waals surface area contributed by atoms with Gasteiger partial charge < -0.3 is 19.5 Å². The van der Waals surface area contributed by atoms with Crippen molar-refractivity contribution in [2.24, 2.45) is 0 Å². The summed E-state index contributed by atoms with van der Waals surface area (Å²) in [6.45, 7) is 4.74. The standard InChI is InChI=1S/C20H21ClN2O4/c1-3-10-27-19-17(21)12-14(13-18(19)25-4-2)20(24)23-15-5-7-16(8-6-15)26-11-9-22/h5-8,12-13H,3-4,10-11H2,1-2H3,(H,23,24). The Bertz CT molecular complexity index is 816. The molecule has 1 N–H and O–H groups in total. The molecular weight excluding hydrogens is 368 g/mol. The van der Waals surface area contributed by atoms with E-state index in [1.807, 2.05) is 19.9 Å². The number of nitriles is 1. The van der Waals surface area contributed by atoms with Crippen LogP contribution in [0.4, 0.5) is 5.69 Å². The van der Waals surface area contributed by atoms with Crippen LogP contribution in [-0.4, -0.2) is 25.7 Å². The molecule has 2 aromatic rings. The highest BCUT2D eigenvalue weighted by molar-refractivity contribution is 6.32. The SMILES string of the molecule is CCCOc1c(Cl)cc(C(=O)Nc2ccc(OCC#N)cc2)cc1OCC. The van der Waals surface area contributed by atoms with Crippen LogP contribution in [0.15, 0.2) is 36.4 Å². The topological polar surface area (TPSA) is 80.6 Å². The molecule has 0 aromatic heterocycles. The molecule has 0 heterocycles. The van der Waals surface area contributed by atoms with Gasteiger partial charge in [0.2, 0.25) is 0 Å². The van der Waals surface area contributed by atoms with Gasteiger partial charge in [0.25, 0.3) is 5.91 Å². The van der Waals surface area contributed by atoms with E-state index in [4.69, 9.17) is 31.1 Å². The van der Waals surface area contributed by atoms with Gasteiger partial charge in [-0.3, -0.25) is 4.79 Å². The lowest BCUT2D eigenvalue weighted by Gasteiger charge is -2.15. The summed E-state index contributed by atoms with van der Waals surface area (Å²) in [6, 6.07) is 11.8. The molecule has 1 amide bonds. The van der Waals surface area contributed by atoms with Crippen LogP contribution in [0.5, 0.6) is 17.2 Å². The number of halogens is 1. The minimum Gasteiger partial charge on any atom is -0.490 e. The van der Waals surface area contributed by atoms with Crippen LogP contribution < -0.4 is 19.5 Å². The van der Waals surface area contributed by atoms with Crippen molar-refractivity contribution in [2.45, 2.75) is 20.3 Å². The van der Waals surface area contributed by atoms with E-state index in [0.717, 1.165) is 6.42 Å². The first-order valence-corrected chi connectivity index (χ1v) is 8.97. The molecule has 0 aliphatic carbocycles. The van der Waals surface area contributed by atoms with E-state index in [1.54, 1.807) is 36.4 Å². The van der Waals surface area contributed by atoms with Crippen molar-refractivity contribution in [3.05, 3.63) is 47.0 Å². The Morgan fingerprint density at radius 1 is 1.15 bits per heavy atom. The number of nitrogens with one attached hydrogen (secondary N) is 1. The lowest BCUT2D eigenvalue weighted by atomic mass is 10.1. The fourth-order valence-corrected chi connectivity index (χ4v) is 2.52. The summed E-state index contributed by atoms with van der Waals surface area (Å²) in [4.78, 5) is 12.6. The fourth-order valence-electron chi connectivity index (χ4n) is 2.26. The van der Waals surface area contributed by atoms with E-state index in [2.05, 4.69) is 5.32 Å². The van der Waals surface area contributed by atoms with Crippen LogP contribution in [0.1, 0.15) is 30.6 Å². The van der Waals surface area contributed by atoms with Crippen molar-refractivity contribution in [3.8, 4) is 23.3 Å². The second-order valence-corrected chi connectivity index (χ2v) is 5.90. The summed E-state index contributed by atoms with van der Waals surface area (Å²) >= 11 is 6.29. The highest BCUT2D eigenvalue weighted by Crippen LogP contribution is 2.37. The molecule has 0 radical (unpaired) electrons. The van der Waals surface area contributed by atoms with Crippen LogP contribution in [0.25, 0.3) is 0 Å². The van der Waals surface area contributed by atoms with Gasteiger partial charge in [0, 0.05) is 11.3 Å². The Hall–Kier alpha value is -2.91. The number of carbonyl (C=O) groups excluding carboxylic acids is 1. The second kappa shape index (κ2) is 10.3. The normalized spacial score (nSPS) is 10.0. The number of rotatable bonds is 9. The zero-order valence-corrected chi connectivity index (χ0v) is 16.0. The molecule has 0 unspecified atom stereocenters. The van der Waals surface area contributed by atoms with Gasteiger partial charge in [0.05, 0.1) is 18.2 Å².